The second-order valence-electron chi connectivity index (χ2n) is 5.44. The summed E-state index contributed by atoms with van der Waals surface area (Å²) in [6, 6.07) is 10.0. The lowest BCUT2D eigenvalue weighted by Gasteiger charge is -2.27. The van der Waals surface area contributed by atoms with Crippen molar-refractivity contribution in [1.29, 1.82) is 0 Å². The fraction of sp³-hybridized carbons (Fsp3) is 0.294. The summed E-state index contributed by atoms with van der Waals surface area (Å²) < 4.78 is 12.6. The number of hydrogen-bond acceptors (Lipinski definition) is 5. The average molecular weight is 310 g/mol. The van der Waals surface area contributed by atoms with Gasteiger partial charge in [-0.15, -0.1) is 0 Å². The van der Waals surface area contributed by atoms with Crippen molar-refractivity contribution in [2.24, 2.45) is 0 Å². The molecule has 0 atom stereocenters. The van der Waals surface area contributed by atoms with Crippen LogP contribution in [-0.4, -0.2) is 48.0 Å². The molecular weight excluding hydrogens is 292 g/mol. The molecule has 0 spiro atoms. The Morgan fingerprint density at radius 2 is 2.04 bits per heavy atom. The predicted molar refractivity (Wildman–Crippen MR) is 88.0 cm³/mol. The number of rotatable bonds is 3. The minimum Gasteiger partial charge on any atom is -0.497 e. The minimum atomic E-state index is 0.736. The lowest BCUT2D eigenvalue weighted by molar-refractivity contribution is 0.122. The average Bonchev–Trinajstić information content (AvgIpc) is 3.07. The van der Waals surface area contributed by atoms with E-state index >= 15 is 0 Å². The number of ether oxygens (including phenoxy) is 2. The van der Waals surface area contributed by atoms with Crippen LogP contribution in [0, 0.1) is 0 Å². The Balaban J connectivity index is 1.78. The number of aromatic nitrogens is 3. The van der Waals surface area contributed by atoms with Crippen LogP contribution in [0.5, 0.6) is 5.75 Å². The van der Waals surface area contributed by atoms with Gasteiger partial charge in [-0.25, -0.2) is 9.50 Å². The molecule has 0 radical (unpaired) electrons. The fourth-order valence-electron chi connectivity index (χ4n) is 2.85. The molecule has 3 aromatic rings. The van der Waals surface area contributed by atoms with E-state index in [0.717, 1.165) is 54.6 Å². The fourth-order valence-corrected chi connectivity index (χ4v) is 2.85. The quantitative estimate of drug-likeness (QED) is 0.742. The van der Waals surface area contributed by atoms with Gasteiger partial charge in [0.2, 0.25) is 0 Å². The number of morpholine rings is 1. The first-order valence-electron chi connectivity index (χ1n) is 7.67. The Morgan fingerprint density at radius 3 is 2.87 bits per heavy atom. The summed E-state index contributed by atoms with van der Waals surface area (Å²) in [6.45, 7) is 3.18. The van der Waals surface area contributed by atoms with Crippen LogP contribution < -0.4 is 9.64 Å². The second kappa shape index (κ2) is 5.89. The van der Waals surface area contributed by atoms with Gasteiger partial charge in [0, 0.05) is 31.0 Å². The van der Waals surface area contributed by atoms with E-state index < -0.39 is 0 Å². The summed E-state index contributed by atoms with van der Waals surface area (Å²) in [5.74, 6) is 1.78. The Hall–Kier alpha value is -2.60. The third-order valence-electron chi connectivity index (χ3n) is 4.05. The predicted octanol–water partition coefficient (Wildman–Crippen LogP) is 2.24. The Labute approximate surface area is 134 Å². The summed E-state index contributed by atoms with van der Waals surface area (Å²) in [7, 11) is 1.67. The van der Waals surface area contributed by atoms with E-state index in [0.29, 0.717) is 0 Å². The van der Waals surface area contributed by atoms with Gasteiger partial charge in [0.05, 0.1) is 26.0 Å². The van der Waals surface area contributed by atoms with Gasteiger partial charge in [-0.3, -0.25) is 0 Å². The number of benzene rings is 1. The first-order chi connectivity index (χ1) is 11.3. The van der Waals surface area contributed by atoms with Crippen LogP contribution in [0.2, 0.25) is 0 Å². The molecule has 1 saturated heterocycles. The Morgan fingerprint density at radius 1 is 1.17 bits per heavy atom. The van der Waals surface area contributed by atoms with Gasteiger partial charge in [0.25, 0.3) is 0 Å². The van der Waals surface area contributed by atoms with Crippen molar-refractivity contribution in [3.05, 3.63) is 42.7 Å². The van der Waals surface area contributed by atoms with Gasteiger partial charge < -0.3 is 14.4 Å². The number of hydrogen-bond donors (Lipinski definition) is 0. The van der Waals surface area contributed by atoms with E-state index in [9.17, 15) is 0 Å². The van der Waals surface area contributed by atoms with Crippen LogP contribution in [0.3, 0.4) is 0 Å². The molecule has 1 fully saturated rings. The van der Waals surface area contributed by atoms with Crippen molar-refractivity contribution < 1.29 is 9.47 Å². The van der Waals surface area contributed by atoms with Crippen LogP contribution >= 0.6 is 0 Å². The molecule has 1 aliphatic heterocycles. The molecular formula is C17H18N4O2. The van der Waals surface area contributed by atoms with E-state index in [2.05, 4.69) is 21.0 Å². The molecule has 0 N–H and O–H groups in total. The highest BCUT2D eigenvalue weighted by Crippen LogP contribution is 2.27. The Bertz CT molecular complexity index is 824. The third-order valence-corrected chi connectivity index (χ3v) is 4.05. The molecule has 0 amide bonds. The summed E-state index contributed by atoms with van der Waals surface area (Å²) in [5, 5.41) is 4.68. The van der Waals surface area contributed by atoms with Crippen LogP contribution in [0.15, 0.2) is 42.7 Å². The van der Waals surface area contributed by atoms with Gasteiger partial charge in [0.1, 0.15) is 11.3 Å². The maximum Gasteiger partial charge on any atom is 0.154 e. The highest BCUT2D eigenvalue weighted by molar-refractivity contribution is 5.75. The number of anilines is 1. The van der Waals surface area contributed by atoms with E-state index in [1.54, 1.807) is 13.3 Å². The molecule has 0 unspecified atom stereocenters. The maximum absolute atomic E-state index is 5.43. The highest BCUT2D eigenvalue weighted by Gasteiger charge is 2.17. The monoisotopic (exact) mass is 310 g/mol. The molecule has 118 valence electrons. The molecule has 4 rings (SSSR count). The van der Waals surface area contributed by atoms with Crippen molar-refractivity contribution in [2.45, 2.75) is 0 Å². The van der Waals surface area contributed by atoms with Crippen molar-refractivity contribution >= 4 is 11.3 Å². The topological polar surface area (TPSA) is 51.9 Å². The van der Waals surface area contributed by atoms with Crippen LogP contribution in [0.25, 0.3) is 16.8 Å². The van der Waals surface area contributed by atoms with E-state index in [1.807, 2.05) is 35.0 Å². The van der Waals surface area contributed by atoms with E-state index in [4.69, 9.17) is 9.47 Å². The zero-order chi connectivity index (χ0) is 15.6. The van der Waals surface area contributed by atoms with Crippen molar-refractivity contribution in [2.75, 3.05) is 38.3 Å². The summed E-state index contributed by atoms with van der Waals surface area (Å²) in [4.78, 5) is 6.80. The van der Waals surface area contributed by atoms with Gasteiger partial charge in [-0.05, 0) is 18.2 Å². The molecule has 0 aliphatic carbocycles. The largest absolute Gasteiger partial charge is 0.497 e. The third kappa shape index (κ3) is 2.61. The zero-order valence-corrected chi connectivity index (χ0v) is 13.0. The number of methoxy groups -OCH3 is 1. The first-order valence-corrected chi connectivity index (χ1v) is 7.67. The zero-order valence-electron chi connectivity index (χ0n) is 13.0. The normalized spacial score (nSPS) is 15.1. The summed E-state index contributed by atoms with van der Waals surface area (Å²) in [5.41, 5.74) is 2.94. The van der Waals surface area contributed by atoms with Crippen molar-refractivity contribution in [3.8, 4) is 17.0 Å². The van der Waals surface area contributed by atoms with Crippen LogP contribution in [-0.2, 0) is 4.74 Å². The lowest BCUT2D eigenvalue weighted by Crippen LogP contribution is -2.37. The second-order valence-corrected chi connectivity index (χ2v) is 5.44. The van der Waals surface area contributed by atoms with E-state index in [1.165, 1.54) is 0 Å². The number of fused-ring (bicyclic) bond motifs is 1. The van der Waals surface area contributed by atoms with Crippen molar-refractivity contribution in [1.82, 2.24) is 14.6 Å². The van der Waals surface area contributed by atoms with Crippen LogP contribution in [0.4, 0.5) is 5.82 Å². The molecule has 2 aromatic heterocycles. The SMILES string of the molecule is COc1cccc(-c2cc3c(N4CCOCC4)nccn3n2)c1. The first kappa shape index (κ1) is 14.0. The summed E-state index contributed by atoms with van der Waals surface area (Å²) in [6.07, 6.45) is 3.67. The van der Waals surface area contributed by atoms with Gasteiger partial charge in [0.15, 0.2) is 5.82 Å². The smallest absolute Gasteiger partial charge is 0.154 e. The molecule has 3 heterocycles. The molecule has 1 aliphatic rings. The van der Waals surface area contributed by atoms with Crippen molar-refractivity contribution in [3.63, 3.8) is 0 Å². The van der Waals surface area contributed by atoms with Gasteiger partial charge >= 0.3 is 0 Å². The Kier molecular flexibility index (Phi) is 3.59. The molecule has 23 heavy (non-hydrogen) atoms. The van der Waals surface area contributed by atoms with Gasteiger partial charge in [-0.1, -0.05) is 12.1 Å². The van der Waals surface area contributed by atoms with Gasteiger partial charge in [-0.2, -0.15) is 5.10 Å². The highest BCUT2D eigenvalue weighted by atomic mass is 16.5. The molecule has 0 bridgehead atoms. The maximum atomic E-state index is 5.43. The molecule has 1 aromatic carbocycles. The van der Waals surface area contributed by atoms with Crippen LogP contribution in [0.1, 0.15) is 0 Å². The molecule has 0 saturated carbocycles. The molecule has 6 nitrogen and oxygen atoms in total. The lowest BCUT2D eigenvalue weighted by atomic mass is 10.1. The minimum absolute atomic E-state index is 0.736. The summed E-state index contributed by atoms with van der Waals surface area (Å²) >= 11 is 0. The standard InChI is InChI=1S/C17H18N4O2/c1-22-14-4-2-3-13(11-14)15-12-16-17(18-5-6-21(16)19-15)20-7-9-23-10-8-20/h2-6,11-12H,7-10H2,1H3. The van der Waals surface area contributed by atoms with E-state index in [-0.39, 0.29) is 0 Å². The molecule has 6 heteroatoms. The number of nitrogens with zero attached hydrogens (tertiary/aromatic N) is 4.